The molecule has 3 rings (SSSR count). The van der Waals surface area contributed by atoms with Gasteiger partial charge in [0.1, 0.15) is 18.2 Å². The van der Waals surface area contributed by atoms with E-state index >= 15 is 0 Å². The summed E-state index contributed by atoms with van der Waals surface area (Å²) in [6.07, 6.45) is 6.53. The van der Waals surface area contributed by atoms with Crippen molar-refractivity contribution < 1.29 is 9.13 Å². The minimum Gasteiger partial charge on any atom is -0.489 e. The number of hydrogen-bond donors (Lipinski definition) is 1. The maximum atomic E-state index is 13.2. The average Bonchev–Trinajstić information content (AvgIpc) is 2.39. The van der Waals surface area contributed by atoms with Crippen LogP contribution in [0.4, 0.5) is 10.1 Å². The Kier molecular flexibility index (Phi) is 2.91. The van der Waals surface area contributed by atoms with Gasteiger partial charge in [0, 0.05) is 6.07 Å². The molecule has 92 valence electrons. The van der Waals surface area contributed by atoms with Crippen LogP contribution in [0.1, 0.15) is 32.1 Å². The van der Waals surface area contributed by atoms with Gasteiger partial charge in [0.2, 0.25) is 0 Å². The maximum Gasteiger partial charge on any atom is 0.142 e. The van der Waals surface area contributed by atoms with Crippen LogP contribution >= 0.6 is 0 Å². The van der Waals surface area contributed by atoms with E-state index in [0.29, 0.717) is 18.6 Å². The Morgan fingerprint density at radius 1 is 1.18 bits per heavy atom. The van der Waals surface area contributed by atoms with Crippen LogP contribution in [0.5, 0.6) is 5.75 Å². The molecule has 0 radical (unpaired) electrons. The lowest BCUT2D eigenvalue weighted by atomic mass is 9.83. The van der Waals surface area contributed by atoms with Crippen LogP contribution in [0.2, 0.25) is 0 Å². The molecule has 1 atom stereocenters. The summed E-state index contributed by atoms with van der Waals surface area (Å²) in [5.74, 6) is 1.25. The highest BCUT2D eigenvalue weighted by Gasteiger charge is 2.28. The largest absolute Gasteiger partial charge is 0.489 e. The van der Waals surface area contributed by atoms with E-state index < -0.39 is 0 Å². The average molecular weight is 235 g/mol. The van der Waals surface area contributed by atoms with E-state index in [4.69, 9.17) is 4.74 Å². The van der Waals surface area contributed by atoms with E-state index in [1.165, 1.54) is 44.2 Å². The zero-order valence-corrected chi connectivity index (χ0v) is 9.92. The molecule has 17 heavy (non-hydrogen) atoms. The molecule has 2 aliphatic rings. The summed E-state index contributed by atoms with van der Waals surface area (Å²) in [5.41, 5.74) is 0.812. The van der Waals surface area contributed by atoms with Crippen LogP contribution in [-0.2, 0) is 0 Å². The minimum absolute atomic E-state index is 0.204. The highest BCUT2D eigenvalue weighted by Crippen LogP contribution is 2.35. The summed E-state index contributed by atoms with van der Waals surface area (Å²) in [6, 6.07) is 5.03. The van der Waals surface area contributed by atoms with Crippen molar-refractivity contribution in [2.75, 3.05) is 11.9 Å². The van der Waals surface area contributed by atoms with E-state index in [2.05, 4.69) is 5.32 Å². The van der Waals surface area contributed by atoms with Crippen LogP contribution in [0.15, 0.2) is 18.2 Å². The van der Waals surface area contributed by atoms with Crippen LogP contribution in [0.3, 0.4) is 0 Å². The second-order valence-corrected chi connectivity index (χ2v) is 5.10. The van der Waals surface area contributed by atoms with Crippen molar-refractivity contribution in [2.45, 2.75) is 38.1 Å². The number of rotatable bonds is 1. The standard InChI is InChI=1S/C14H18FNO/c15-11-6-7-14-12(8-11)16-13(9-17-14)10-4-2-1-3-5-10/h6-8,10,13,16H,1-5,9H2. The number of anilines is 1. The lowest BCUT2D eigenvalue weighted by molar-refractivity contribution is 0.214. The molecular weight excluding hydrogens is 217 g/mol. The molecule has 0 saturated heterocycles. The first-order valence-corrected chi connectivity index (χ1v) is 6.52. The van der Waals surface area contributed by atoms with Crippen LogP contribution in [0.25, 0.3) is 0 Å². The SMILES string of the molecule is Fc1ccc2c(c1)NC(C1CCCCC1)CO2. The first-order valence-electron chi connectivity index (χ1n) is 6.52. The first kappa shape index (κ1) is 10.9. The fourth-order valence-corrected chi connectivity index (χ4v) is 2.95. The highest BCUT2D eigenvalue weighted by atomic mass is 19.1. The Labute approximate surface area is 101 Å². The molecule has 1 saturated carbocycles. The van der Waals surface area contributed by atoms with E-state index in [9.17, 15) is 4.39 Å². The molecule has 1 N–H and O–H groups in total. The predicted octanol–water partition coefficient (Wildman–Crippen LogP) is 3.58. The van der Waals surface area contributed by atoms with Crippen molar-refractivity contribution in [3.8, 4) is 5.75 Å². The molecular formula is C14H18FNO. The summed E-state index contributed by atoms with van der Waals surface area (Å²) < 4.78 is 18.9. The third kappa shape index (κ3) is 2.24. The summed E-state index contributed by atoms with van der Waals surface area (Å²) >= 11 is 0. The number of halogens is 1. The van der Waals surface area contributed by atoms with E-state index in [1.807, 2.05) is 0 Å². The predicted molar refractivity (Wildman–Crippen MR) is 65.9 cm³/mol. The van der Waals surface area contributed by atoms with Gasteiger partial charge in [-0.2, -0.15) is 0 Å². The molecule has 1 aromatic carbocycles. The van der Waals surface area contributed by atoms with Crippen molar-refractivity contribution in [1.82, 2.24) is 0 Å². The van der Waals surface area contributed by atoms with Crippen LogP contribution in [-0.4, -0.2) is 12.6 Å². The minimum atomic E-state index is -0.204. The van der Waals surface area contributed by atoms with Gasteiger partial charge in [-0.1, -0.05) is 19.3 Å². The smallest absolute Gasteiger partial charge is 0.142 e. The number of ether oxygens (including phenoxy) is 1. The lowest BCUT2D eigenvalue weighted by Crippen LogP contribution is -2.38. The van der Waals surface area contributed by atoms with Gasteiger partial charge in [-0.3, -0.25) is 0 Å². The molecule has 2 nitrogen and oxygen atoms in total. The molecule has 0 amide bonds. The van der Waals surface area contributed by atoms with E-state index in [-0.39, 0.29) is 5.82 Å². The van der Waals surface area contributed by atoms with Gasteiger partial charge in [-0.25, -0.2) is 4.39 Å². The molecule has 0 spiro atoms. The quantitative estimate of drug-likeness (QED) is 0.803. The summed E-state index contributed by atoms with van der Waals surface area (Å²) in [6.45, 7) is 0.712. The number of nitrogens with one attached hydrogen (secondary N) is 1. The van der Waals surface area contributed by atoms with Gasteiger partial charge in [0.05, 0.1) is 11.7 Å². The summed E-state index contributed by atoms with van der Waals surface area (Å²) in [7, 11) is 0. The molecule has 3 heteroatoms. The molecule has 1 unspecified atom stereocenters. The zero-order valence-electron chi connectivity index (χ0n) is 9.92. The summed E-state index contributed by atoms with van der Waals surface area (Å²) in [4.78, 5) is 0. The van der Waals surface area contributed by atoms with Crippen molar-refractivity contribution >= 4 is 5.69 Å². The maximum absolute atomic E-state index is 13.2. The molecule has 0 bridgehead atoms. The van der Waals surface area contributed by atoms with Gasteiger partial charge >= 0.3 is 0 Å². The number of fused-ring (bicyclic) bond motifs is 1. The van der Waals surface area contributed by atoms with Gasteiger partial charge in [-0.05, 0) is 30.9 Å². The Morgan fingerprint density at radius 2 is 2.00 bits per heavy atom. The van der Waals surface area contributed by atoms with Gasteiger partial charge in [-0.15, -0.1) is 0 Å². The lowest BCUT2D eigenvalue weighted by Gasteiger charge is -2.35. The van der Waals surface area contributed by atoms with Gasteiger partial charge < -0.3 is 10.1 Å². The highest BCUT2D eigenvalue weighted by molar-refractivity contribution is 5.58. The topological polar surface area (TPSA) is 21.3 Å². The first-order chi connectivity index (χ1) is 8.33. The van der Waals surface area contributed by atoms with Gasteiger partial charge in [0.25, 0.3) is 0 Å². The Balaban J connectivity index is 1.75. The van der Waals surface area contributed by atoms with Crippen molar-refractivity contribution in [1.29, 1.82) is 0 Å². The third-order valence-corrected chi connectivity index (χ3v) is 3.92. The van der Waals surface area contributed by atoms with Crippen molar-refractivity contribution in [3.05, 3.63) is 24.0 Å². The van der Waals surface area contributed by atoms with Gasteiger partial charge in [0.15, 0.2) is 0 Å². The number of benzene rings is 1. The Bertz CT molecular complexity index is 401. The Morgan fingerprint density at radius 3 is 2.82 bits per heavy atom. The van der Waals surface area contributed by atoms with Crippen LogP contribution in [0, 0.1) is 11.7 Å². The zero-order chi connectivity index (χ0) is 11.7. The molecule has 1 aromatic rings. The van der Waals surface area contributed by atoms with Crippen LogP contribution < -0.4 is 10.1 Å². The number of hydrogen-bond acceptors (Lipinski definition) is 2. The molecule has 1 heterocycles. The monoisotopic (exact) mass is 235 g/mol. The second kappa shape index (κ2) is 4.55. The Hall–Kier alpha value is -1.25. The molecule has 0 aromatic heterocycles. The van der Waals surface area contributed by atoms with E-state index in [1.54, 1.807) is 6.07 Å². The molecule has 1 aliphatic carbocycles. The second-order valence-electron chi connectivity index (χ2n) is 5.10. The fourth-order valence-electron chi connectivity index (χ4n) is 2.95. The van der Waals surface area contributed by atoms with Crippen molar-refractivity contribution in [3.63, 3.8) is 0 Å². The normalized spacial score (nSPS) is 24.6. The summed E-state index contributed by atoms with van der Waals surface area (Å²) in [5, 5.41) is 3.44. The third-order valence-electron chi connectivity index (χ3n) is 3.92. The van der Waals surface area contributed by atoms with Crippen molar-refractivity contribution in [2.24, 2.45) is 5.92 Å². The fraction of sp³-hybridized carbons (Fsp3) is 0.571. The van der Waals surface area contributed by atoms with E-state index in [0.717, 1.165) is 11.4 Å². The molecule has 1 aliphatic heterocycles. The molecule has 1 fully saturated rings.